The number of non-ortho nitro benzene ring substituents is 1. The molecule has 0 saturated carbocycles. The van der Waals surface area contributed by atoms with Gasteiger partial charge in [-0.05, 0) is 63.4 Å². The van der Waals surface area contributed by atoms with Gasteiger partial charge in [0, 0.05) is 37.5 Å². The molecule has 2 aromatic carbocycles. The molecule has 2 aliphatic rings. The number of nitrogens with one attached hydrogen (secondary N) is 1. The van der Waals surface area contributed by atoms with Crippen LogP contribution in [-0.2, 0) is 29.3 Å². The van der Waals surface area contributed by atoms with Gasteiger partial charge in [-0.15, -0.1) is 0 Å². The van der Waals surface area contributed by atoms with Gasteiger partial charge in [0.2, 0.25) is 12.8 Å². The summed E-state index contributed by atoms with van der Waals surface area (Å²) in [5.41, 5.74) is 9.36. The average Bonchev–Trinajstić information content (AvgIpc) is 3.14. The first-order valence-electron chi connectivity index (χ1n) is 16.8. The Morgan fingerprint density at radius 1 is 1.04 bits per heavy atom. The van der Waals surface area contributed by atoms with E-state index in [2.05, 4.69) is 10.2 Å². The van der Waals surface area contributed by atoms with E-state index in [1.54, 1.807) is 21.9 Å². The summed E-state index contributed by atoms with van der Waals surface area (Å²) in [5, 5.41) is 15.0. The second-order valence-corrected chi connectivity index (χ2v) is 12.2. The highest BCUT2D eigenvalue weighted by Gasteiger charge is 2.44. The Morgan fingerprint density at radius 3 is 2.24 bits per heavy atom. The van der Waals surface area contributed by atoms with E-state index in [1.807, 2.05) is 44.2 Å². The van der Waals surface area contributed by atoms with E-state index in [9.17, 15) is 24.5 Å². The van der Waals surface area contributed by atoms with Crippen molar-refractivity contribution < 1.29 is 28.8 Å². The third-order valence-corrected chi connectivity index (χ3v) is 9.47. The molecule has 0 radical (unpaired) electrons. The first-order valence-corrected chi connectivity index (χ1v) is 16.8. The van der Waals surface area contributed by atoms with Gasteiger partial charge < -0.3 is 35.2 Å². The largest absolute Gasteiger partial charge is 0.468 e. The summed E-state index contributed by atoms with van der Waals surface area (Å²) in [5.74, 6) is -0.819. The molecular formula is C36H48N6O7. The average molecular weight is 677 g/mol. The standard InChI is InChI=1S/C36H48N6O7/c1-4-30-33(40(5-2)25-43)32(27-12-14-29(15-13-27)42(46)47)34(31(38-30)24-49-23-18-37)41(26-44)20-9-19-39-21-16-36(17-22-39,35(45)48-3)28-10-7-6-8-11-28/h6-8,10-15,25-26,32,38H,4-5,9,16-24,37H2,1-3H3. The van der Waals surface area contributed by atoms with E-state index in [1.165, 1.54) is 19.2 Å². The smallest absolute Gasteiger partial charge is 0.316 e. The quantitative estimate of drug-likeness (QED) is 0.0785. The zero-order chi connectivity index (χ0) is 35.4. The number of esters is 1. The van der Waals surface area contributed by atoms with Crippen LogP contribution in [0.4, 0.5) is 5.69 Å². The molecule has 2 heterocycles. The van der Waals surface area contributed by atoms with Crippen LogP contribution in [0.2, 0.25) is 0 Å². The Kier molecular flexibility index (Phi) is 13.5. The first kappa shape index (κ1) is 37.2. The van der Waals surface area contributed by atoms with Crippen molar-refractivity contribution in [2.45, 2.75) is 50.9 Å². The Hall–Kier alpha value is -4.59. The summed E-state index contributed by atoms with van der Waals surface area (Å²) in [6, 6.07) is 16.0. The maximum atomic E-state index is 13.0. The fourth-order valence-corrected chi connectivity index (χ4v) is 6.93. The molecule has 4 rings (SSSR count). The number of nitrogens with zero attached hydrogens (tertiary/aromatic N) is 4. The van der Waals surface area contributed by atoms with E-state index in [4.69, 9.17) is 15.2 Å². The van der Waals surface area contributed by atoms with Gasteiger partial charge in [0.15, 0.2) is 0 Å². The van der Waals surface area contributed by atoms with Crippen LogP contribution >= 0.6 is 0 Å². The van der Waals surface area contributed by atoms with Crippen LogP contribution in [0.3, 0.4) is 0 Å². The molecule has 0 spiro atoms. The number of dihydropyridines is 1. The normalized spacial score (nSPS) is 17.7. The molecule has 1 saturated heterocycles. The van der Waals surface area contributed by atoms with Crippen LogP contribution in [0.5, 0.6) is 0 Å². The summed E-state index contributed by atoms with van der Waals surface area (Å²) >= 11 is 0. The van der Waals surface area contributed by atoms with Crippen molar-refractivity contribution in [3.8, 4) is 0 Å². The van der Waals surface area contributed by atoms with Crippen LogP contribution < -0.4 is 11.1 Å². The predicted molar refractivity (Wildman–Crippen MR) is 185 cm³/mol. The lowest BCUT2D eigenvalue weighted by Gasteiger charge is -2.41. The van der Waals surface area contributed by atoms with Crippen molar-refractivity contribution in [3.63, 3.8) is 0 Å². The van der Waals surface area contributed by atoms with E-state index in [0.29, 0.717) is 94.2 Å². The van der Waals surface area contributed by atoms with Crippen LogP contribution in [0.1, 0.15) is 56.6 Å². The molecule has 2 aliphatic heterocycles. The fourth-order valence-electron chi connectivity index (χ4n) is 6.93. The second kappa shape index (κ2) is 17.7. The van der Waals surface area contributed by atoms with E-state index in [-0.39, 0.29) is 18.3 Å². The van der Waals surface area contributed by atoms with Crippen LogP contribution in [0.15, 0.2) is 77.4 Å². The summed E-state index contributed by atoms with van der Waals surface area (Å²) in [6.07, 6.45) is 3.99. The molecule has 0 bridgehead atoms. The number of nitro benzene ring substituents is 1. The number of amides is 2. The Morgan fingerprint density at radius 2 is 1.69 bits per heavy atom. The summed E-state index contributed by atoms with van der Waals surface area (Å²) in [7, 11) is 1.43. The summed E-state index contributed by atoms with van der Waals surface area (Å²) in [4.78, 5) is 55.0. The Labute approximate surface area is 287 Å². The minimum Gasteiger partial charge on any atom is -0.468 e. The van der Waals surface area contributed by atoms with E-state index >= 15 is 0 Å². The van der Waals surface area contributed by atoms with Gasteiger partial charge in [-0.2, -0.15) is 0 Å². The number of hydrogen-bond donors (Lipinski definition) is 2. The van der Waals surface area contributed by atoms with Crippen molar-refractivity contribution in [1.82, 2.24) is 20.0 Å². The molecule has 13 heteroatoms. The van der Waals surface area contributed by atoms with Gasteiger partial charge in [0.25, 0.3) is 5.69 Å². The highest BCUT2D eigenvalue weighted by Crippen LogP contribution is 2.42. The number of likely N-dealkylation sites (N-methyl/N-ethyl adjacent to an activating group) is 1. The van der Waals surface area contributed by atoms with Gasteiger partial charge >= 0.3 is 5.97 Å². The first-order chi connectivity index (χ1) is 23.8. The van der Waals surface area contributed by atoms with Crippen molar-refractivity contribution in [3.05, 3.63) is 98.6 Å². The van der Waals surface area contributed by atoms with Crippen LogP contribution in [0.25, 0.3) is 0 Å². The third-order valence-electron chi connectivity index (χ3n) is 9.47. The summed E-state index contributed by atoms with van der Waals surface area (Å²) < 4.78 is 11.1. The number of nitro groups is 1. The molecule has 49 heavy (non-hydrogen) atoms. The van der Waals surface area contributed by atoms with E-state index in [0.717, 1.165) is 24.1 Å². The number of carbonyl (C=O) groups is 3. The fraction of sp³-hybridized carbons (Fsp3) is 0.472. The molecule has 3 N–H and O–H groups in total. The number of benzene rings is 2. The molecule has 264 valence electrons. The number of nitrogens with two attached hydrogens (primary N) is 1. The molecule has 0 aliphatic carbocycles. The minimum atomic E-state index is -0.695. The molecule has 1 unspecified atom stereocenters. The lowest BCUT2D eigenvalue weighted by atomic mass is 9.72. The maximum absolute atomic E-state index is 13.0. The van der Waals surface area contributed by atoms with Gasteiger partial charge in [0.1, 0.15) is 0 Å². The predicted octanol–water partition coefficient (Wildman–Crippen LogP) is 3.62. The zero-order valence-corrected chi connectivity index (χ0v) is 28.6. The second-order valence-electron chi connectivity index (χ2n) is 12.2. The molecule has 1 atom stereocenters. The molecule has 2 aromatic rings. The molecule has 13 nitrogen and oxygen atoms in total. The summed E-state index contributed by atoms with van der Waals surface area (Å²) in [6.45, 7) is 7.43. The number of piperidine rings is 1. The Bertz CT molecular complexity index is 1500. The van der Waals surface area contributed by atoms with Gasteiger partial charge in [-0.3, -0.25) is 24.5 Å². The number of carbonyl (C=O) groups excluding carboxylic acids is 3. The molecular weight excluding hydrogens is 628 g/mol. The number of allylic oxidation sites excluding steroid dienone is 1. The monoisotopic (exact) mass is 676 g/mol. The van der Waals surface area contributed by atoms with Crippen LogP contribution in [0, 0.1) is 10.1 Å². The number of hydrogen-bond acceptors (Lipinski definition) is 10. The van der Waals surface area contributed by atoms with Gasteiger partial charge in [-0.1, -0.05) is 49.4 Å². The zero-order valence-electron chi connectivity index (χ0n) is 28.6. The lowest BCUT2D eigenvalue weighted by molar-refractivity contribution is -0.384. The van der Waals surface area contributed by atoms with Gasteiger partial charge in [-0.25, -0.2) is 0 Å². The number of likely N-dealkylation sites (tertiary alicyclic amines) is 1. The molecule has 2 amide bonds. The Balaban J connectivity index is 1.63. The number of methoxy groups -OCH3 is 1. The van der Waals surface area contributed by atoms with Crippen molar-refractivity contribution in [2.24, 2.45) is 5.73 Å². The number of ether oxygens (including phenoxy) is 2. The highest BCUT2D eigenvalue weighted by atomic mass is 16.6. The highest BCUT2D eigenvalue weighted by molar-refractivity contribution is 5.83. The third kappa shape index (κ3) is 8.35. The molecule has 1 fully saturated rings. The van der Waals surface area contributed by atoms with Crippen molar-refractivity contribution in [2.75, 3.05) is 59.6 Å². The van der Waals surface area contributed by atoms with Crippen molar-refractivity contribution in [1.29, 1.82) is 0 Å². The lowest BCUT2D eigenvalue weighted by Crippen LogP contribution is -2.48. The SMILES string of the molecule is CCC1=C(N(C=O)CC)C(c2ccc([N+](=O)[O-])cc2)C(N(C=O)CCCN2CCC(C(=O)OC)(c3ccccc3)CC2)=C(COCCN)N1. The van der Waals surface area contributed by atoms with E-state index < -0.39 is 16.3 Å². The maximum Gasteiger partial charge on any atom is 0.316 e. The van der Waals surface area contributed by atoms with Crippen LogP contribution in [-0.4, -0.2) is 98.0 Å². The molecule has 0 aromatic heterocycles. The van der Waals surface area contributed by atoms with Crippen molar-refractivity contribution >= 4 is 24.5 Å². The van der Waals surface area contributed by atoms with Gasteiger partial charge in [0.05, 0.1) is 53.7 Å². The topological polar surface area (TPSA) is 161 Å². The number of rotatable bonds is 18. The minimum absolute atomic E-state index is 0.0593.